The lowest BCUT2D eigenvalue weighted by Gasteiger charge is -2.32. The van der Waals surface area contributed by atoms with Gasteiger partial charge < -0.3 is 0 Å². The summed E-state index contributed by atoms with van der Waals surface area (Å²) < 4.78 is 0. The van der Waals surface area contributed by atoms with Crippen molar-refractivity contribution in [3.05, 3.63) is 76.9 Å². The second kappa shape index (κ2) is 10.4. The van der Waals surface area contributed by atoms with Crippen molar-refractivity contribution in [2.45, 2.75) is 84.5 Å². The van der Waals surface area contributed by atoms with E-state index in [1.165, 1.54) is 27.8 Å². The van der Waals surface area contributed by atoms with Crippen molar-refractivity contribution in [3.63, 3.8) is 0 Å². The average Bonchev–Trinajstić information content (AvgIpc) is 2.87. The highest BCUT2D eigenvalue weighted by Gasteiger charge is 2.34. The molecule has 34 heavy (non-hydrogen) atoms. The third-order valence-electron chi connectivity index (χ3n) is 8.60. The van der Waals surface area contributed by atoms with E-state index >= 15 is 0 Å². The first kappa shape index (κ1) is 26.1. The van der Waals surface area contributed by atoms with Gasteiger partial charge in [-0.1, -0.05) is 103 Å². The van der Waals surface area contributed by atoms with Crippen LogP contribution in [0.3, 0.4) is 0 Å². The summed E-state index contributed by atoms with van der Waals surface area (Å²) in [4.78, 5) is 9.56. The fourth-order valence-electron chi connectivity index (χ4n) is 5.20. The number of aliphatic imine (C=N–C) groups is 2. The number of hydrogen-bond acceptors (Lipinski definition) is 2. The van der Waals surface area contributed by atoms with E-state index in [-0.39, 0.29) is 16.7 Å². The number of rotatable bonds is 7. The lowest BCUT2D eigenvalue weighted by molar-refractivity contribution is 0.439. The molecule has 2 unspecified atom stereocenters. The molecule has 1 aliphatic rings. The monoisotopic (exact) mass is 456 g/mol. The summed E-state index contributed by atoms with van der Waals surface area (Å²) in [6.45, 7) is 16.1. The van der Waals surface area contributed by atoms with Gasteiger partial charge in [-0.3, -0.25) is 9.98 Å². The lowest BCUT2D eigenvalue weighted by Crippen LogP contribution is -2.32. The van der Waals surface area contributed by atoms with E-state index < -0.39 is 0 Å². The van der Waals surface area contributed by atoms with Crippen LogP contribution in [0.4, 0.5) is 0 Å². The fourth-order valence-corrected chi connectivity index (χ4v) is 5.20. The Hall–Kier alpha value is -2.48. The zero-order valence-corrected chi connectivity index (χ0v) is 22.9. The number of hydrogen-bond donors (Lipinski definition) is 0. The quantitative estimate of drug-likeness (QED) is 0.399. The molecule has 2 heteroatoms. The Labute approximate surface area is 208 Å². The second-order valence-electron chi connectivity index (χ2n) is 10.8. The molecule has 0 spiro atoms. The molecule has 0 radical (unpaired) electrons. The number of benzene rings is 2. The predicted molar refractivity (Wildman–Crippen MR) is 151 cm³/mol. The molecule has 0 aliphatic heterocycles. The van der Waals surface area contributed by atoms with Gasteiger partial charge in [0.05, 0.1) is 11.4 Å². The summed E-state index contributed by atoms with van der Waals surface area (Å²) >= 11 is 0. The van der Waals surface area contributed by atoms with Gasteiger partial charge >= 0.3 is 0 Å². The van der Waals surface area contributed by atoms with Crippen LogP contribution in [-0.4, -0.2) is 25.5 Å². The zero-order valence-electron chi connectivity index (χ0n) is 22.9. The van der Waals surface area contributed by atoms with Gasteiger partial charge in [-0.05, 0) is 58.3 Å². The normalized spacial score (nSPS) is 21.7. The van der Waals surface area contributed by atoms with Crippen molar-refractivity contribution < 1.29 is 0 Å². The van der Waals surface area contributed by atoms with Crippen molar-refractivity contribution in [3.8, 4) is 0 Å². The van der Waals surface area contributed by atoms with E-state index in [0.717, 1.165) is 30.7 Å². The van der Waals surface area contributed by atoms with E-state index in [2.05, 4.69) is 103 Å². The second-order valence-corrected chi connectivity index (χ2v) is 10.8. The fraction of sp³-hybridized carbons (Fsp3) is 0.500. The van der Waals surface area contributed by atoms with E-state index in [0.29, 0.717) is 5.92 Å². The third-order valence-corrected chi connectivity index (χ3v) is 8.60. The Morgan fingerprint density at radius 2 is 1.29 bits per heavy atom. The van der Waals surface area contributed by atoms with Crippen molar-refractivity contribution in [1.29, 1.82) is 0 Å². The minimum atomic E-state index is 0.194. The van der Waals surface area contributed by atoms with Gasteiger partial charge in [-0.2, -0.15) is 0 Å². The van der Waals surface area contributed by atoms with Gasteiger partial charge in [0, 0.05) is 25.6 Å². The summed E-state index contributed by atoms with van der Waals surface area (Å²) in [5.41, 5.74) is 9.09. The smallest absolute Gasteiger partial charge is 0.0862 e. The maximum atomic E-state index is 4.80. The summed E-state index contributed by atoms with van der Waals surface area (Å²) in [6.07, 6.45) is 5.82. The molecule has 0 saturated carbocycles. The van der Waals surface area contributed by atoms with E-state index in [4.69, 9.17) is 9.98 Å². The van der Waals surface area contributed by atoms with Crippen LogP contribution in [0.2, 0.25) is 0 Å². The highest BCUT2D eigenvalue weighted by atomic mass is 14.8. The standard InChI is InChI=1S/C32H44N2/c1-10-31(5,6)25-17-15-24(16-18-25)28-22(4)21-27(29(33-8)30(28)34-9)23-13-19-26(20-14-23)32(7,11-2)12-3/h13-22,28H,10-12H2,1-9H3. The predicted octanol–water partition coefficient (Wildman–Crippen LogP) is 8.41. The van der Waals surface area contributed by atoms with Crippen LogP contribution in [0, 0.1) is 5.92 Å². The van der Waals surface area contributed by atoms with Gasteiger partial charge in [0.1, 0.15) is 0 Å². The molecular weight excluding hydrogens is 412 g/mol. The van der Waals surface area contributed by atoms with Crippen molar-refractivity contribution >= 4 is 17.0 Å². The molecule has 0 heterocycles. The molecule has 0 saturated heterocycles. The Bertz CT molecular complexity index is 1060. The summed E-state index contributed by atoms with van der Waals surface area (Å²) in [5, 5.41) is 0. The van der Waals surface area contributed by atoms with E-state index in [1.807, 2.05) is 14.1 Å². The summed E-state index contributed by atoms with van der Waals surface area (Å²) in [5.74, 6) is 0.550. The highest BCUT2D eigenvalue weighted by molar-refractivity contribution is 6.60. The zero-order chi connectivity index (χ0) is 25.1. The molecular formula is C32H44N2. The number of nitrogens with zero attached hydrogens (tertiary/aromatic N) is 2. The first-order valence-corrected chi connectivity index (χ1v) is 13.0. The maximum Gasteiger partial charge on any atom is 0.0862 e. The van der Waals surface area contributed by atoms with E-state index in [1.54, 1.807) is 0 Å². The van der Waals surface area contributed by atoms with Crippen LogP contribution in [0.15, 0.2) is 64.6 Å². The molecule has 0 N–H and O–H groups in total. The molecule has 182 valence electrons. The highest BCUT2D eigenvalue weighted by Crippen LogP contribution is 2.39. The van der Waals surface area contributed by atoms with Crippen molar-refractivity contribution in [2.75, 3.05) is 14.1 Å². The van der Waals surface area contributed by atoms with Gasteiger partial charge in [-0.25, -0.2) is 0 Å². The molecule has 0 bridgehead atoms. The van der Waals surface area contributed by atoms with Gasteiger partial charge in [-0.15, -0.1) is 0 Å². The van der Waals surface area contributed by atoms with Crippen LogP contribution in [-0.2, 0) is 10.8 Å². The average molecular weight is 457 g/mol. The van der Waals surface area contributed by atoms with Crippen molar-refractivity contribution in [2.24, 2.45) is 15.9 Å². The minimum absolute atomic E-state index is 0.194. The van der Waals surface area contributed by atoms with Crippen LogP contribution < -0.4 is 0 Å². The van der Waals surface area contributed by atoms with Gasteiger partial charge in [0.25, 0.3) is 0 Å². The molecule has 2 atom stereocenters. The molecule has 3 rings (SSSR count). The third kappa shape index (κ3) is 4.83. The first-order chi connectivity index (χ1) is 16.1. The SMILES string of the molecule is CCC(C)(C)c1ccc(C2C(=NC)C(=NC)C(c3ccc(C(C)(CC)CC)cc3)=CC2C)cc1. The van der Waals surface area contributed by atoms with Crippen LogP contribution >= 0.6 is 0 Å². The van der Waals surface area contributed by atoms with Gasteiger partial charge in [0.2, 0.25) is 0 Å². The van der Waals surface area contributed by atoms with E-state index in [9.17, 15) is 0 Å². The van der Waals surface area contributed by atoms with Crippen LogP contribution in [0.5, 0.6) is 0 Å². The first-order valence-electron chi connectivity index (χ1n) is 13.0. The Morgan fingerprint density at radius 3 is 1.76 bits per heavy atom. The molecule has 1 aliphatic carbocycles. The molecule has 0 aromatic heterocycles. The lowest BCUT2D eigenvalue weighted by atomic mass is 9.72. The Kier molecular flexibility index (Phi) is 8.01. The molecule has 0 amide bonds. The summed E-state index contributed by atoms with van der Waals surface area (Å²) in [6, 6.07) is 18.4. The Morgan fingerprint density at radius 1 is 0.735 bits per heavy atom. The van der Waals surface area contributed by atoms with Crippen LogP contribution in [0.1, 0.15) is 95.9 Å². The minimum Gasteiger partial charge on any atom is -0.290 e. The summed E-state index contributed by atoms with van der Waals surface area (Å²) in [7, 11) is 3.81. The van der Waals surface area contributed by atoms with Crippen LogP contribution in [0.25, 0.3) is 5.57 Å². The van der Waals surface area contributed by atoms with Gasteiger partial charge in [0.15, 0.2) is 0 Å². The maximum absolute atomic E-state index is 4.80. The Balaban J connectivity index is 2.01. The largest absolute Gasteiger partial charge is 0.290 e. The molecule has 0 fully saturated rings. The van der Waals surface area contributed by atoms with Crippen molar-refractivity contribution in [1.82, 2.24) is 0 Å². The number of allylic oxidation sites excluding steroid dienone is 2. The topological polar surface area (TPSA) is 24.7 Å². The molecule has 2 aromatic rings. The molecule has 2 nitrogen and oxygen atoms in total. The molecule has 2 aromatic carbocycles.